The number of urea groups is 1. The highest BCUT2D eigenvalue weighted by Crippen LogP contribution is 2.36. The van der Waals surface area contributed by atoms with Crippen molar-refractivity contribution < 1.29 is 19.1 Å². The number of benzene rings is 2. The van der Waals surface area contributed by atoms with Crippen molar-refractivity contribution in [3.05, 3.63) is 69.8 Å². The van der Waals surface area contributed by atoms with E-state index < -0.39 is 17.8 Å². The molecule has 0 atom stereocenters. The van der Waals surface area contributed by atoms with Gasteiger partial charge in [-0.2, -0.15) is 0 Å². The van der Waals surface area contributed by atoms with Gasteiger partial charge in [0.1, 0.15) is 11.4 Å². The molecule has 5 nitrogen and oxygen atoms in total. The second-order valence-corrected chi connectivity index (χ2v) is 7.05. The van der Waals surface area contributed by atoms with E-state index in [2.05, 4.69) is 26.6 Å². The molecule has 132 valence electrons. The molecule has 3 rings (SSSR count). The van der Waals surface area contributed by atoms with Gasteiger partial charge in [0, 0.05) is 15.5 Å². The fraction of sp³-hybridized carbons (Fsp3) is 0. The second-order valence-electron chi connectivity index (χ2n) is 5.26. The van der Waals surface area contributed by atoms with Crippen LogP contribution in [-0.2, 0) is 0 Å². The van der Waals surface area contributed by atoms with E-state index in [9.17, 15) is 19.1 Å². The number of hydrogen-bond donors (Lipinski definition) is 3. The van der Waals surface area contributed by atoms with E-state index in [1.165, 1.54) is 35.6 Å². The summed E-state index contributed by atoms with van der Waals surface area (Å²) in [5, 5.41) is 16.1. The van der Waals surface area contributed by atoms with Crippen LogP contribution in [0.1, 0.15) is 10.4 Å². The number of carboxylic acid groups (broad SMARTS) is 1. The lowest BCUT2D eigenvalue weighted by Crippen LogP contribution is -2.20. The molecule has 0 aliphatic rings. The SMILES string of the molecule is O=C(Nc1cccc(F)c1)Nc1csc(-c2ccc(Br)cc2)c1C(=O)O. The lowest BCUT2D eigenvalue weighted by molar-refractivity contribution is 0.0699. The van der Waals surface area contributed by atoms with Crippen LogP contribution in [0.15, 0.2) is 58.4 Å². The topological polar surface area (TPSA) is 78.4 Å². The zero-order valence-electron chi connectivity index (χ0n) is 13.1. The molecule has 0 unspecified atom stereocenters. The Bertz CT molecular complexity index is 973. The molecule has 0 aliphatic carbocycles. The first-order valence-corrected chi connectivity index (χ1v) is 9.05. The first kappa shape index (κ1) is 18.1. The Morgan fingerprint density at radius 3 is 2.46 bits per heavy atom. The fourth-order valence-corrected chi connectivity index (χ4v) is 3.59. The van der Waals surface area contributed by atoms with Gasteiger partial charge < -0.3 is 15.7 Å². The number of carbonyl (C=O) groups excluding carboxylic acids is 1. The largest absolute Gasteiger partial charge is 0.478 e. The van der Waals surface area contributed by atoms with Crippen LogP contribution in [0.5, 0.6) is 0 Å². The number of thiophene rings is 1. The van der Waals surface area contributed by atoms with Crippen molar-refractivity contribution in [1.29, 1.82) is 0 Å². The third-order valence-corrected chi connectivity index (χ3v) is 5.00. The van der Waals surface area contributed by atoms with Gasteiger partial charge in [0.15, 0.2) is 0 Å². The zero-order valence-corrected chi connectivity index (χ0v) is 15.5. The van der Waals surface area contributed by atoms with Gasteiger partial charge in [0.2, 0.25) is 0 Å². The van der Waals surface area contributed by atoms with Crippen molar-refractivity contribution in [3.8, 4) is 10.4 Å². The Morgan fingerprint density at radius 1 is 1.08 bits per heavy atom. The summed E-state index contributed by atoms with van der Waals surface area (Å²) in [6.07, 6.45) is 0. The molecule has 3 aromatic rings. The Hall–Kier alpha value is -2.71. The van der Waals surface area contributed by atoms with Gasteiger partial charge in [0.25, 0.3) is 0 Å². The van der Waals surface area contributed by atoms with Crippen molar-refractivity contribution in [2.45, 2.75) is 0 Å². The summed E-state index contributed by atoms with van der Waals surface area (Å²) in [6, 6.07) is 12.0. The number of carbonyl (C=O) groups is 2. The van der Waals surface area contributed by atoms with Gasteiger partial charge in [-0.15, -0.1) is 11.3 Å². The van der Waals surface area contributed by atoms with Crippen LogP contribution in [0.25, 0.3) is 10.4 Å². The summed E-state index contributed by atoms with van der Waals surface area (Å²) in [5.74, 6) is -1.63. The summed E-state index contributed by atoms with van der Waals surface area (Å²) in [4.78, 5) is 24.4. The minimum Gasteiger partial charge on any atom is -0.478 e. The number of halogens is 2. The highest BCUT2D eigenvalue weighted by Gasteiger charge is 2.21. The van der Waals surface area contributed by atoms with E-state index in [4.69, 9.17) is 0 Å². The van der Waals surface area contributed by atoms with Crippen LogP contribution in [0, 0.1) is 5.82 Å². The quantitative estimate of drug-likeness (QED) is 0.495. The number of aromatic carboxylic acids is 1. The molecule has 0 saturated heterocycles. The van der Waals surface area contributed by atoms with E-state index in [-0.39, 0.29) is 16.9 Å². The van der Waals surface area contributed by atoms with E-state index in [0.717, 1.165) is 10.0 Å². The molecule has 8 heteroatoms. The molecule has 2 aromatic carbocycles. The van der Waals surface area contributed by atoms with Crippen molar-refractivity contribution in [3.63, 3.8) is 0 Å². The summed E-state index contributed by atoms with van der Waals surface area (Å²) >= 11 is 4.55. The Labute approximate surface area is 160 Å². The average Bonchev–Trinajstić information content (AvgIpc) is 2.99. The first-order valence-electron chi connectivity index (χ1n) is 7.38. The van der Waals surface area contributed by atoms with Crippen molar-refractivity contribution in [1.82, 2.24) is 0 Å². The molecule has 2 amide bonds. The summed E-state index contributed by atoms with van der Waals surface area (Å²) in [7, 11) is 0. The fourth-order valence-electron chi connectivity index (χ4n) is 2.33. The van der Waals surface area contributed by atoms with Crippen LogP contribution in [0.2, 0.25) is 0 Å². The van der Waals surface area contributed by atoms with E-state index in [1.807, 2.05) is 12.1 Å². The Balaban J connectivity index is 1.85. The molecule has 26 heavy (non-hydrogen) atoms. The van der Waals surface area contributed by atoms with Gasteiger partial charge in [-0.05, 0) is 35.9 Å². The van der Waals surface area contributed by atoms with Gasteiger partial charge in [-0.3, -0.25) is 0 Å². The average molecular weight is 435 g/mol. The van der Waals surface area contributed by atoms with E-state index >= 15 is 0 Å². The highest BCUT2D eigenvalue weighted by molar-refractivity contribution is 9.10. The van der Waals surface area contributed by atoms with Gasteiger partial charge in [-0.1, -0.05) is 34.1 Å². The monoisotopic (exact) mass is 434 g/mol. The molecular formula is C18H12BrFN2O3S. The van der Waals surface area contributed by atoms with Crippen LogP contribution in [0.4, 0.5) is 20.6 Å². The molecule has 0 radical (unpaired) electrons. The maximum Gasteiger partial charge on any atom is 0.339 e. The number of amides is 2. The van der Waals surface area contributed by atoms with Crippen LogP contribution in [0.3, 0.4) is 0 Å². The third-order valence-electron chi connectivity index (χ3n) is 3.44. The Morgan fingerprint density at radius 2 is 1.81 bits per heavy atom. The molecule has 1 aromatic heterocycles. The summed E-state index contributed by atoms with van der Waals surface area (Å²) < 4.78 is 14.1. The third kappa shape index (κ3) is 4.09. The highest BCUT2D eigenvalue weighted by atomic mass is 79.9. The minimum absolute atomic E-state index is 0.00622. The zero-order chi connectivity index (χ0) is 18.7. The molecule has 3 N–H and O–H groups in total. The lowest BCUT2D eigenvalue weighted by Gasteiger charge is -2.08. The lowest BCUT2D eigenvalue weighted by atomic mass is 10.1. The Kier molecular flexibility index (Phi) is 5.34. The number of carboxylic acids is 1. The maximum atomic E-state index is 13.2. The van der Waals surface area contributed by atoms with Crippen molar-refractivity contribution in [2.75, 3.05) is 10.6 Å². The second kappa shape index (κ2) is 7.67. The standard InChI is InChI=1S/C18H12BrFN2O3S/c19-11-6-4-10(5-7-11)16-15(17(23)24)14(9-26-16)22-18(25)21-13-3-1-2-12(20)8-13/h1-9H,(H,23,24)(H2,21,22,25). The molecule has 0 fully saturated rings. The normalized spacial score (nSPS) is 10.4. The van der Waals surface area contributed by atoms with Gasteiger partial charge in [0.05, 0.1) is 10.6 Å². The van der Waals surface area contributed by atoms with E-state index in [1.54, 1.807) is 17.5 Å². The van der Waals surface area contributed by atoms with Gasteiger partial charge in [-0.25, -0.2) is 14.0 Å². The van der Waals surface area contributed by atoms with Crippen molar-refractivity contribution in [2.24, 2.45) is 0 Å². The smallest absolute Gasteiger partial charge is 0.339 e. The summed E-state index contributed by atoms with van der Waals surface area (Å²) in [6.45, 7) is 0. The van der Waals surface area contributed by atoms with Crippen LogP contribution < -0.4 is 10.6 Å². The minimum atomic E-state index is -1.15. The first-order chi connectivity index (χ1) is 12.4. The predicted molar refractivity (Wildman–Crippen MR) is 103 cm³/mol. The number of rotatable bonds is 4. The molecule has 1 heterocycles. The molecular weight excluding hydrogens is 423 g/mol. The van der Waals surface area contributed by atoms with Crippen LogP contribution in [-0.4, -0.2) is 17.1 Å². The van der Waals surface area contributed by atoms with Gasteiger partial charge >= 0.3 is 12.0 Å². The predicted octanol–water partition coefficient (Wildman–Crippen LogP) is 5.66. The van der Waals surface area contributed by atoms with E-state index in [0.29, 0.717) is 4.88 Å². The summed E-state index contributed by atoms with van der Waals surface area (Å²) in [5.41, 5.74) is 1.18. The number of hydrogen-bond acceptors (Lipinski definition) is 3. The molecule has 0 saturated carbocycles. The number of anilines is 2. The van der Waals surface area contributed by atoms with Crippen molar-refractivity contribution >= 4 is 50.6 Å². The number of nitrogens with one attached hydrogen (secondary N) is 2. The molecule has 0 spiro atoms. The molecule has 0 bridgehead atoms. The van der Waals surface area contributed by atoms with Crippen LogP contribution >= 0.6 is 27.3 Å². The molecule has 0 aliphatic heterocycles. The maximum absolute atomic E-state index is 13.2.